The van der Waals surface area contributed by atoms with Crippen molar-refractivity contribution in [1.82, 2.24) is 4.90 Å². The number of amides is 1. The van der Waals surface area contributed by atoms with Crippen LogP contribution < -0.4 is 4.90 Å². The van der Waals surface area contributed by atoms with Crippen LogP contribution in [-0.2, 0) is 4.74 Å². The summed E-state index contributed by atoms with van der Waals surface area (Å²) in [7, 11) is 0. The number of nitrogens with zero attached hydrogens (tertiary/aromatic N) is 2. The highest BCUT2D eigenvalue weighted by molar-refractivity contribution is 9.10. The minimum absolute atomic E-state index is 0.176. The second-order valence-electron chi connectivity index (χ2n) is 8.53. The second kappa shape index (κ2) is 6.62. The van der Waals surface area contributed by atoms with Crippen molar-refractivity contribution in [2.75, 3.05) is 30.3 Å². The maximum Gasteiger partial charge on any atom is 0.410 e. The van der Waals surface area contributed by atoms with Crippen LogP contribution in [-0.4, -0.2) is 48.0 Å². The van der Waals surface area contributed by atoms with E-state index in [0.29, 0.717) is 12.0 Å². The van der Waals surface area contributed by atoms with Crippen molar-refractivity contribution in [2.45, 2.75) is 63.0 Å². The molecule has 2 atom stereocenters. The van der Waals surface area contributed by atoms with Gasteiger partial charge in [0.05, 0.1) is 5.69 Å². The Morgan fingerprint density at radius 1 is 1.35 bits per heavy atom. The molecule has 4 rings (SSSR count). The zero-order chi connectivity index (χ0) is 18.6. The topological polar surface area (TPSA) is 32.8 Å². The predicted molar refractivity (Wildman–Crippen MR) is 111 cm³/mol. The Bertz CT molecular complexity index is 746. The van der Waals surface area contributed by atoms with E-state index < -0.39 is 5.60 Å². The van der Waals surface area contributed by atoms with Gasteiger partial charge in [-0.3, -0.25) is 0 Å². The van der Waals surface area contributed by atoms with Crippen LogP contribution in [0.2, 0.25) is 0 Å². The molecule has 0 bridgehead atoms. The van der Waals surface area contributed by atoms with Gasteiger partial charge >= 0.3 is 6.09 Å². The first-order chi connectivity index (χ1) is 12.3. The molecule has 2 unspecified atom stereocenters. The van der Waals surface area contributed by atoms with E-state index in [0.717, 1.165) is 26.1 Å². The Morgan fingerprint density at radius 2 is 2.12 bits per heavy atom. The highest BCUT2D eigenvalue weighted by Gasteiger charge is 2.46. The normalized spacial score (nSPS) is 24.8. The van der Waals surface area contributed by atoms with Crippen LogP contribution in [0.5, 0.6) is 0 Å². The van der Waals surface area contributed by atoms with E-state index in [2.05, 4.69) is 33.8 Å². The summed E-state index contributed by atoms with van der Waals surface area (Å²) in [5.41, 5.74) is 3.77. The maximum absolute atomic E-state index is 12.6. The maximum atomic E-state index is 12.6. The van der Waals surface area contributed by atoms with E-state index in [1.807, 2.05) is 37.4 Å². The number of rotatable bonds is 0. The second-order valence-corrected chi connectivity index (χ2v) is 10.5. The number of carbonyl (C=O) groups excluding carboxylic acids is 1. The van der Waals surface area contributed by atoms with Crippen molar-refractivity contribution in [3.05, 3.63) is 21.7 Å². The molecule has 1 aromatic carbocycles. The van der Waals surface area contributed by atoms with Crippen LogP contribution in [0.25, 0.3) is 0 Å². The number of likely N-dealkylation sites (tertiary alicyclic amines) is 1. The first kappa shape index (κ1) is 18.5. The molecule has 142 valence electrons. The number of piperidine rings is 1. The Labute approximate surface area is 168 Å². The monoisotopic (exact) mass is 438 g/mol. The van der Waals surface area contributed by atoms with Gasteiger partial charge in [-0.15, -0.1) is 11.8 Å². The summed E-state index contributed by atoms with van der Waals surface area (Å²) in [5, 5.41) is 0. The summed E-state index contributed by atoms with van der Waals surface area (Å²) in [4.78, 5) is 18.6. The Hall–Kier alpha value is -0.880. The van der Waals surface area contributed by atoms with E-state index in [9.17, 15) is 4.79 Å². The molecule has 0 spiro atoms. The lowest BCUT2D eigenvalue weighted by Gasteiger charge is -2.39. The molecule has 1 amide bonds. The molecule has 6 heteroatoms. The summed E-state index contributed by atoms with van der Waals surface area (Å²) < 4.78 is 6.83. The van der Waals surface area contributed by atoms with Crippen LogP contribution >= 0.6 is 27.7 Å². The van der Waals surface area contributed by atoms with Crippen LogP contribution in [0, 0.1) is 6.92 Å². The van der Waals surface area contributed by atoms with Crippen molar-refractivity contribution >= 4 is 39.5 Å². The molecule has 3 aliphatic rings. The molecule has 1 fully saturated rings. The first-order valence-corrected chi connectivity index (χ1v) is 11.2. The van der Waals surface area contributed by atoms with Crippen LogP contribution in [0.4, 0.5) is 10.5 Å². The van der Waals surface area contributed by atoms with E-state index in [-0.39, 0.29) is 6.09 Å². The summed E-state index contributed by atoms with van der Waals surface area (Å²) >= 11 is 5.75. The standard InChI is InChI=1S/C20H27BrN2O2S/c1-12-14(21)10-16-18-17(12)13-11-22(19(24)25-20(2,3)4)8-6-15(13)23(18)7-5-9-26-16/h10,13,15H,5-9,11H2,1-4H3. The smallest absolute Gasteiger partial charge is 0.410 e. The number of anilines is 1. The number of halogens is 1. The van der Waals surface area contributed by atoms with Crippen LogP contribution in [0.1, 0.15) is 50.7 Å². The van der Waals surface area contributed by atoms with Crippen molar-refractivity contribution in [1.29, 1.82) is 0 Å². The van der Waals surface area contributed by atoms with E-state index in [1.54, 1.807) is 0 Å². The Morgan fingerprint density at radius 3 is 2.85 bits per heavy atom. The largest absolute Gasteiger partial charge is 0.444 e. The highest BCUT2D eigenvalue weighted by Crippen LogP contribution is 2.53. The van der Waals surface area contributed by atoms with Gasteiger partial charge in [0.2, 0.25) is 0 Å². The molecule has 0 radical (unpaired) electrons. The van der Waals surface area contributed by atoms with Crippen molar-refractivity contribution < 1.29 is 9.53 Å². The summed E-state index contributed by atoms with van der Waals surface area (Å²) in [5.74, 6) is 1.56. The zero-order valence-corrected chi connectivity index (χ0v) is 18.4. The van der Waals surface area contributed by atoms with Gasteiger partial charge < -0.3 is 14.5 Å². The lowest BCUT2D eigenvalue weighted by atomic mass is 9.87. The zero-order valence-electron chi connectivity index (χ0n) is 16.0. The van der Waals surface area contributed by atoms with Gasteiger partial charge in [0, 0.05) is 41.0 Å². The fourth-order valence-corrected chi connectivity index (χ4v) is 6.19. The number of benzene rings is 1. The lowest BCUT2D eigenvalue weighted by molar-refractivity contribution is 0.0189. The molecule has 4 nitrogen and oxygen atoms in total. The number of ether oxygens (including phenoxy) is 1. The van der Waals surface area contributed by atoms with Gasteiger partial charge in [0.15, 0.2) is 0 Å². The predicted octanol–water partition coefficient (Wildman–Crippen LogP) is 5.17. The quantitative estimate of drug-likeness (QED) is 0.559. The molecule has 0 aliphatic carbocycles. The van der Waals surface area contributed by atoms with Gasteiger partial charge in [-0.2, -0.15) is 0 Å². The van der Waals surface area contributed by atoms with Crippen molar-refractivity contribution in [3.8, 4) is 0 Å². The van der Waals surface area contributed by atoms with Gasteiger partial charge in [-0.1, -0.05) is 15.9 Å². The van der Waals surface area contributed by atoms with Gasteiger partial charge in [0.1, 0.15) is 5.60 Å². The Balaban J connectivity index is 1.69. The van der Waals surface area contributed by atoms with Crippen molar-refractivity contribution in [2.24, 2.45) is 0 Å². The highest BCUT2D eigenvalue weighted by atomic mass is 79.9. The van der Waals surface area contributed by atoms with E-state index >= 15 is 0 Å². The molecular formula is C20H27BrN2O2S. The summed E-state index contributed by atoms with van der Waals surface area (Å²) in [6.45, 7) is 10.7. The molecule has 0 aromatic heterocycles. The van der Waals surface area contributed by atoms with Crippen LogP contribution in [0.15, 0.2) is 15.4 Å². The number of hydrogen-bond acceptors (Lipinski definition) is 4. The first-order valence-electron chi connectivity index (χ1n) is 9.46. The van der Waals surface area contributed by atoms with Gasteiger partial charge in [-0.25, -0.2) is 4.79 Å². The number of carbonyl (C=O) groups is 1. The molecular weight excluding hydrogens is 412 g/mol. The third kappa shape index (κ3) is 3.13. The third-order valence-corrected chi connectivity index (χ3v) is 7.53. The average Bonchev–Trinajstić information content (AvgIpc) is 2.73. The molecule has 26 heavy (non-hydrogen) atoms. The van der Waals surface area contributed by atoms with E-state index in [1.165, 1.54) is 38.4 Å². The van der Waals surface area contributed by atoms with Gasteiger partial charge in [-0.05, 0) is 63.5 Å². The molecule has 1 aromatic rings. The SMILES string of the molecule is Cc1c(Br)cc2c3c1C1CN(C(=O)OC(C)(C)C)CCC1N3CCCS2. The molecule has 0 saturated carbocycles. The average molecular weight is 439 g/mol. The summed E-state index contributed by atoms with van der Waals surface area (Å²) in [6, 6.07) is 2.80. The lowest BCUT2D eigenvalue weighted by Crippen LogP contribution is -2.49. The van der Waals surface area contributed by atoms with Crippen LogP contribution in [0.3, 0.4) is 0 Å². The van der Waals surface area contributed by atoms with Gasteiger partial charge in [0.25, 0.3) is 0 Å². The Kier molecular flexibility index (Phi) is 4.71. The fourth-order valence-electron chi connectivity index (χ4n) is 4.54. The fraction of sp³-hybridized carbons (Fsp3) is 0.650. The molecule has 0 N–H and O–H groups in total. The summed E-state index contributed by atoms with van der Waals surface area (Å²) in [6.07, 6.45) is 2.05. The number of hydrogen-bond donors (Lipinski definition) is 0. The molecule has 3 heterocycles. The minimum atomic E-state index is -0.447. The molecule has 1 saturated heterocycles. The number of fused-ring (bicyclic) bond motifs is 3. The third-order valence-electron chi connectivity index (χ3n) is 5.60. The van der Waals surface area contributed by atoms with E-state index in [4.69, 9.17) is 4.74 Å². The minimum Gasteiger partial charge on any atom is -0.444 e. The van der Waals surface area contributed by atoms with Crippen molar-refractivity contribution in [3.63, 3.8) is 0 Å². The molecule has 3 aliphatic heterocycles. The number of thioether (sulfide) groups is 1.